The van der Waals surface area contributed by atoms with Crippen LogP contribution in [0.15, 0.2) is 45.8 Å². The van der Waals surface area contributed by atoms with Gasteiger partial charge in [0.15, 0.2) is 0 Å². The Labute approximate surface area is 121 Å². The van der Waals surface area contributed by atoms with Crippen molar-refractivity contribution < 1.29 is 14.3 Å². The molecule has 0 bridgehead atoms. The zero-order valence-corrected chi connectivity index (χ0v) is 11.3. The molecule has 2 aromatic rings. The van der Waals surface area contributed by atoms with Gasteiger partial charge in [-0.2, -0.15) is 0 Å². The Balaban J connectivity index is 2.21. The van der Waals surface area contributed by atoms with E-state index in [-0.39, 0.29) is 18.1 Å². The van der Waals surface area contributed by atoms with E-state index >= 15 is 0 Å². The molecule has 21 heavy (non-hydrogen) atoms. The third-order valence-electron chi connectivity index (χ3n) is 2.76. The molecule has 1 aromatic carbocycles. The van der Waals surface area contributed by atoms with Crippen LogP contribution in [0.25, 0.3) is 0 Å². The van der Waals surface area contributed by atoms with Crippen LogP contribution in [0.5, 0.6) is 0 Å². The van der Waals surface area contributed by atoms with Crippen molar-refractivity contribution in [2.75, 3.05) is 11.9 Å². The molecule has 0 saturated heterocycles. The zero-order chi connectivity index (χ0) is 15.2. The first-order valence-electron chi connectivity index (χ1n) is 6.21. The van der Waals surface area contributed by atoms with Gasteiger partial charge in [0.2, 0.25) is 0 Å². The number of hydrogen-bond donors (Lipinski definition) is 2. The van der Waals surface area contributed by atoms with Crippen LogP contribution in [-0.4, -0.2) is 17.6 Å². The van der Waals surface area contributed by atoms with Gasteiger partial charge in [-0.15, -0.1) is 0 Å². The minimum atomic E-state index is -0.511. The molecule has 0 radical (unpaired) electrons. The summed E-state index contributed by atoms with van der Waals surface area (Å²) >= 11 is 0. The van der Waals surface area contributed by atoms with E-state index in [9.17, 15) is 9.59 Å². The van der Waals surface area contributed by atoms with Crippen molar-refractivity contribution in [3.8, 4) is 11.8 Å². The molecule has 0 aliphatic heterocycles. The van der Waals surface area contributed by atoms with Crippen LogP contribution < -0.4 is 10.9 Å². The molecule has 0 aliphatic rings. The van der Waals surface area contributed by atoms with E-state index in [1.165, 1.54) is 12.1 Å². The molecular formula is C16H13NO4. The molecule has 0 aliphatic carbocycles. The van der Waals surface area contributed by atoms with Crippen molar-refractivity contribution in [3.05, 3.63) is 63.7 Å². The van der Waals surface area contributed by atoms with Gasteiger partial charge < -0.3 is 14.8 Å². The van der Waals surface area contributed by atoms with Crippen molar-refractivity contribution in [1.82, 2.24) is 0 Å². The normalized spacial score (nSPS) is 9.62. The van der Waals surface area contributed by atoms with Crippen LogP contribution in [0.1, 0.15) is 21.5 Å². The summed E-state index contributed by atoms with van der Waals surface area (Å²) in [5.74, 6) is 4.99. The number of hydrogen-bond acceptors (Lipinski definition) is 4. The third-order valence-corrected chi connectivity index (χ3v) is 2.76. The molecule has 0 saturated carbocycles. The van der Waals surface area contributed by atoms with Crippen LogP contribution in [0.4, 0.5) is 5.69 Å². The van der Waals surface area contributed by atoms with Gasteiger partial charge in [0.05, 0.1) is 5.56 Å². The number of aryl methyl sites for hydroxylation is 1. The van der Waals surface area contributed by atoms with Gasteiger partial charge in [0.25, 0.3) is 5.91 Å². The predicted molar refractivity (Wildman–Crippen MR) is 78.1 cm³/mol. The molecular weight excluding hydrogens is 270 g/mol. The summed E-state index contributed by atoms with van der Waals surface area (Å²) < 4.78 is 4.65. The predicted octanol–water partition coefficient (Wildman–Crippen LogP) is 1.54. The zero-order valence-electron chi connectivity index (χ0n) is 11.3. The molecule has 2 N–H and O–H groups in total. The summed E-state index contributed by atoms with van der Waals surface area (Å²) in [6.07, 6.45) is 1.11. The van der Waals surface area contributed by atoms with E-state index in [1.54, 1.807) is 12.1 Å². The van der Waals surface area contributed by atoms with Gasteiger partial charge in [-0.1, -0.05) is 17.9 Å². The molecule has 1 aromatic heterocycles. The summed E-state index contributed by atoms with van der Waals surface area (Å²) in [4.78, 5) is 22.8. The van der Waals surface area contributed by atoms with Crippen molar-refractivity contribution in [2.45, 2.75) is 6.92 Å². The van der Waals surface area contributed by atoms with Crippen LogP contribution in [0.3, 0.4) is 0 Å². The Morgan fingerprint density at radius 3 is 2.81 bits per heavy atom. The van der Waals surface area contributed by atoms with E-state index < -0.39 is 5.63 Å². The molecule has 0 atom stereocenters. The monoisotopic (exact) mass is 283 g/mol. The molecule has 5 heteroatoms. The summed E-state index contributed by atoms with van der Waals surface area (Å²) in [5.41, 5.74) is 1.97. The SMILES string of the molecule is Cc1ccc(NC(=O)c2ccc(=O)oc2)cc1C#CCO. The van der Waals surface area contributed by atoms with Crippen LogP contribution in [-0.2, 0) is 0 Å². The van der Waals surface area contributed by atoms with Gasteiger partial charge in [-0.25, -0.2) is 4.79 Å². The minimum Gasteiger partial charge on any atom is -0.430 e. The average molecular weight is 283 g/mol. The average Bonchev–Trinajstić information content (AvgIpc) is 2.48. The van der Waals surface area contributed by atoms with E-state index in [4.69, 9.17) is 5.11 Å². The fourth-order valence-corrected chi connectivity index (χ4v) is 1.66. The maximum absolute atomic E-state index is 12.0. The largest absolute Gasteiger partial charge is 0.430 e. The highest BCUT2D eigenvalue weighted by Crippen LogP contribution is 2.15. The number of nitrogens with one attached hydrogen (secondary N) is 1. The van der Waals surface area contributed by atoms with Gasteiger partial charge in [0.1, 0.15) is 12.9 Å². The molecule has 0 spiro atoms. The lowest BCUT2D eigenvalue weighted by Crippen LogP contribution is -2.13. The number of aliphatic hydroxyl groups is 1. The molecule has 106 valence electrons. The Hall–Kier alpha value is -2.84. The lowest BCUT2D eigenvalue weighted by Gasteiger charge is -2.06. The van der Waals surface area contributed by atoms with Crippen molar-refractivity contribution >= 4 is 11.6 Å². The highest BCUT2D eigenvalue weighted by atomic mass is 16.4. The molecule has 0 fully saturated rings. The van der Waals surface area contributed by atoms with Crippen LogP contribution in [0.2, 0.25) is 0 Å². The lowest BCUT2D eigenvalue weighted by molar-refractivity contribution is 0.102. The third kappa shape index (κ3) is 3.81. The Morgan fingerprint density at radius 2 is 2.14 bits per heavy atom. The summed E-state index contributed by atoms with van der Waals surface area (Å²) in [6, 6.07) is 7.86. The fraction of sp³-hybridized carbons (Fsp3) is 0.125. The van der Waals surface area contributed by atoms with Crippen molar-refractivity contribution in [2.24, 2.45) is 0 Å². The number of amides is 1. The van der Waals surface area contributed by atoms with E-state index in [1.807, 2.05) is 13.0 Å². The standard InChI is InChI=1S/C16H13NO4/c1-11-4-6-14(9-12(11)3-2-8-18)17-16(20)13-5-7-15(19)21-10-13/h4-7,9-10,18H,8H2,1H3,(H,17,20). The smallest absolute Gasteiger partial charge is 0.335 e. The summed E-state index contributed by atoms with van der Waals surface area (Å²) in [7, 11) is 0. The Morgan fingerprint density at radius 1 is 1.33 bits per heavy atom. The number of benzene rings is 1. The first kappa shape index (κ1) is 14.6. The number of carbonyl (C=O) groups excluding carboxylic acids is 1. The second-order valence-electron chi connectivity index (χ2n) is 4.29. The number of rotatable bonds is 2. The van der Waals surface area contributed by atoms with Crippen LogP contribution >= 0.6 is 0 Å². The van der Waals surface area contributed by atoms with Crippen molar-refractivity contribution in [1.29, 1.82) is 0 Å². The molecule has 1 heterocycles. The highest BCUT2D eigenvalue weighted by molar-refractivity contribution is 6.04. The Kier molecular flexibility index (Phi) is 4.54. The Bertz CT molecular complexity index is 760. The highest BCUT2D eigenvalue weighted by Gasteiger charge is 2.07. The second kappa shape index (κ2) is 6.55. The molecule has 2 rings (SSSR count). The van der Waals surface area contributed by atoms with Gasteiger partial charge >= 0.3 is 5.63 Å². The molecule has 1 amide bonds. The van der Waals surface area contributed by atoms with E-state index in [2.05, 4.69) is 21.6 Å². The first-order valence-corrected chi connectivity index (χ1v) is 6.21. The summed E-state index contributed by atoms with van der Waals surface area (Å²) in [5, 5.41) is 11.4. The van der Waals surface area contributed by atoms with E-state index in [0.29, 0.717) is 5.69 Å². The number of carbonyl (C=O) groups is 1. The number of aliphatic hydroxyl groups excluding tert-OH is 1. The first-order chi connectivity index (χ1) is 10.1. The second-order valence-corrected chi connectivity index (χ2v) is 4.29. The topological polar surface area (TPSA) is 79.5 Å². The number of anilines is 1. The quantitative estimate of drug-likeness (QED) is 0.819. The van der Waals surface area contributed by atoms with Crippen LogP contribution in [0, 0.1) is 18.8 Å². The van der Waals surface area contributed by atoms with Crippen molar-refractivity contribution in [3.63, 3.8) is 0 Å². The molecule has 5 nitrogen and oxygen atoms in total. The molecule has 0 unspecified atom stereocenters. The minimum absolute atomic E-state index is 0.223. The summed E-state index contributed by atoms with van der Waals surface area (Å²) in [6.45, 7) is 1.66. The fourth-order valence-electron chi connectivity index (χ4n) is 1.66. The maximum atomic E-state index is 12.0. The lowest BCUT2D eigenvalue weighted by atomic mass is 10.1. The van der Waals surface area contributed by atoms with Gasteiger partial charge in [0, 0.05) is 17.3 Å². The van der Waals surface area contributed by atoms with Gasteiger partial charge in [-0.05, 0) is 30.7 Å². The van der Waals surface area contributed by atoms with Gasteiger partial charge in [-0.3, -0.25) is 4.79 Å². The maximum Gasteiger partial charge on any atom is 0.335 e. The van der Waals surface area contributed by atoms with E-state index in [0.717, 1.165) is 17.4 Å².